The molecule has 0 radical (unpaired) electrons. The van der Waals surface area contributed by atoms with Crippen molar-refractivity contribution < 1.29 is 18.0 Å². The number of hydrogen-bond donors (Lipinski definition) is 1. The Bertz CT molecular complexity index is 293. The van der Waals surface area contributed by atoms with Crippen LogP contribution in [0.4, 0.5) is 18.0 Å². The fourth-order valence-corrected chi connectivity index (χ4v) is 1.22. The van der Waals surface area contributed by atoms with Crippen molar-refractivity contribution in [2.75, 3.05) is 7.05 Å². The molecule has 1 rings (SSSR count). The third-order valence-electron chi connectivity index (χ3n) is 1.88. The first-order valence-electron chi connectivity index (χ1n) is 3.99. The fourth-order valence-electron chi connectivity index (χ4n) is 1.22. The van der Waals surface area contributed by atoms with Crippen LogP contribution >= 0.6 is 0 Å². The number of rotatable bonds is 0. The van der Waals surface area contributed by atoms with Crippen LogP contribution in [0, 0.1) is 0 Å². The lowest BCUT2D eigenvalue weighted by Crippen LogP contribution is -2.54. The highest BCUT2D eigenvalue weighted by atomic mass is 19.4. The molecule has 14 heavy (non-hydrogen) atoms. The zero-order valence-corrected chi connectivity index (χ0v) is 8.07. The van der Waals surface area contributed by atoms with E-state index >= 15 is 0 Å². The molecule has 0 aliphatic carbocycles. The van der Waals surface area contributed by atoms with Crippen molar-refractivity contribution in [2.45, 2.75) is 25.6 Å². The van der Waals surface area contributed by atoms with Crippen LogP contribution in [-0.4, -0.2) is 29.7 Å². The summed E-state index contributed by atoms with van der Waals surface area (Å²) in [6.07, 6.45) is -3.50. The highest BCUT2D eigenvalue weighted by molar-refractivity contribution is 5.78. The van der Waals surface area contributed by atoms with Crippen molar-refractivity contribution in [3.8, 4) is 0 Å². The Kier molecular flexibility index (Phi) is 2.25. The minimum absolute atomic E-state index is 0.561. The average molecular weight is 208 g/mol. The highest BCUT2D eigenvalue weighted by Gasteiger charge is 2.43. The number of nitrogens with one attached hydrogen (secondary N) is 1. The molecule has 1 heterocycles. The van der Waals surface area contributed by atoms with E-state index in [4.69, 9.17) is 0 Å². The van der Waals surface area contributed by atoms with Gasteiger partial charge in [-0.2, -0.15) is 13.2 Å². The van der Waals surface area contributed by atoms with Crippen LogP contribution in [0.3, 0.4) is 0 Å². The maximum atomic E-state index is 12.4. The average Bonchev–Trinajstić information content (AvgIpc) is 1.93. The number of urea groups is 1. The van der Waals surface area contributed by atoms with Crippen molar-refractivity contribution in [3.63, 3.8) is 0 Å². The minimum Gasteiger partial charge on any atom is -0.329 e. The van der Waals surface area contributed by atoms with Crippen LogP contribution in [0.25, 0.3) is 0 Å². The lowest BCUT2D eigenvalue weighted by atomic mass is 10.0. The predicted molar refractivity (Wildman–Crippen MR) is 44.5 cm³/mol. The molecule has 0 spiro atoms. The second kappa shape index (κ2) is 2.90. The summed E-state index contributed by atoms with van der Waals surface area (Å²) in [5.41, 5.74) is -1.89. The lowest BCUT2D eigenvalue weighted by molar-refractivity contribution is -0.107. The zero-order valence-electron chi connectivity index (χ0n) is 8.07. The van der Waals surface area contributed by atoms with Gasteiger partial charge in [-0.05, 0) is 19.9 Å². The number of hydrogen-bond acceptors (Lipinski definition) is 1. The molecule has 1 aliphatic rings. The van der Waals surface area contributed by atoms with Crippen LogP contribution in [0.2, 0.25) is 0 Å². The van der Waals surface area contributed by atoms with E-state index in [2.05, 4.69) is 5.32 Å². The van der Waals surface area contributed by atoms with Crippen LogP contribution in [0.5, 0.6) is 0 Å². The van der Waals surface area contributed by atoms with Crippen molar-refractivity contribution in [1.29, 1.82) is 0 Å². The van der Waals surface area contributed by atoms with Gasteiger partial charge >= 0.3 is 12.2 Å². The zero-order chi connectivity index (χ0) is 11.1. The molecule has 0 fully saturated rings. The third-order valence-corrected chi connectivity index (χ3v) is 1.88. The van der Waals surface area contributed by atoms with Crippen LogP contribution in [0.15, 0.2) is 11.8 Å². The normalized spacial score (nSPS) is 21.7. The molecule has 0 saturated carbocycles. The first-order valence-corrected chi connectivity index (χ1v) is 3.99. The van der Waals surface area contributed by atoms with E-state index in [-0.39, 0.29) is 0 Å². The largest absolute Gasteiger partial charge is 0.431 e. The number of alkyl halides is 3. The van der Waals surface area contributed by atoms with E-state index in [1.165, 1.54) is 13.8 Å². The molecule has 1 N–H and O–H groups in total. The second-order valence-electron chi connectivity index (χ2n) is 3.74. The summed E-state index contributed by atoms with van der Waals surface area (Å²) in [6, 6.07) is -0.746. The van der Waals surface area contributed by atoms with Crippen molar-refractivity contribution in [3.05, 3.63) is 11.8 Å². The summed E-state index contributed by atoms with van der Waals surface area (Å²) in [4.78, 5) is 11.7. The van der Waals surface area contributed by atoms with Gasteiger partial charge in [-0.3, -0.25) is 4.90 Å². The quantitative estimate of drug-likeness (QED) is 0.647. The van der Waals surface area contributed by atoms with Crippen molar-refractivity contribution in [2.24, 2.45) is 0 Å². The number of amides is 2. The molecular formula is C8H11F3N2O. The molecule has 3 nitrogen and oxygen atoms in total. The van der Waals surface area contributed by atoms with Gasteiger partial charge in [0, 0.05) is 7.05 Å². The van der Waals surface area contributed by atoms with E-state index in [1.54, 1.807) is 0 Å². The Hall–Kier alpha value is -1.20. The summed E-state index contributed by atoms with van der Waals surface area (Å²) in [5, 5.41) is 2.42. The third kappa shape index (κ3) is 2.00. The van der Waals surface area contributed by atoms with Gasteiger partial charge < -0.3 is 5.32 Å². The number of carbonyl (C=O) groups is 1. The van der Waals surface area contributed by atoms with E-state index in [0.29, 0.717) is 4.90 Å². The van der Waals surface area contributed by atoms with Gasteiger partial charge in [-0.15, -0.1) is 0 Å². The number of nitrogens with zero attached hydrogens (tertiary/aromatic N) is 1. The Balaban J connectivity index is 3.14. The first kappa shape index (κ1) is 10.9. The second-order valence-corrected chi connectivity index (χ2v) is 3.74. The number of halogens is 3. The number of carbonyl (C=O) groups excluding carboxylic acids is 1. The van der Waals surface area contributed by atoms with Crippen LogP contribution in [-0.2, 0) is 0 Å². The van der Waals surface area contributed by atoms with Crippen LogP contribution in [0.1, 0.15) is 13.8 Å². The summed E-state index contributed by atoms with van der Waals surface area (Å²) < 4.78 is 37.3. The molecule has 1 aliphatic heterocycles. The van der Waals surface area contributed by atoms with Crippen molar-refractivity contribution >= 4 is 6.03 Å². The molecule has 0 unspecified atom stereocenters. The van der Waals surface area contributed by atoms with Gasteiger partial charge in [0.05, 0.1) is 5.54 Å². The molecule has 0 aromatic rings. The Morgan fingerprint density at radius 2 is 1.93 bits per heavy atom. The lowest BCUT2D eigenvalue weighted by Gasteiger charge is -2.35. The Morgan fingerprint density at radius 3 is 2.36 bits per heavy atom. The molecule has 0 aromatic heterocycles. The maximum Gasteiger partial charge on any atom is 0.431 e. The Labute approximate surface area is 79.6 Å². The fraction of sp³-hybridized carbons (Fsp3) is 0.625. The van der Waals surface area contributed by atoms with Gasteiger partial charge in [-0.1, -0.05) is 0 Å². The summed E-state index contributed by atoms with van der Waals surface area (Å²) >= 11 is 0. The summed E-state index contributed by atoms with van der Waals surface area (Å²) in [6.45, 7) is 3.01. The van der Waals surface area contributed by atoms with Gasteiger partial charge in [-0.25, -0.2) is 4.79 Å². The molecule has 6 heteroatoms. The molecule has 2 amide bonds. The molecule has 80 valence electrons. The van der Waals surface area contributed by atoms with Gasteiger partial charge in [0.2, 0.25) is 0 Å². The van der Waals surface area contributed by atoms with Gasteiger partial charge in [0.15, 0.2) is 0 Å². The van der Waals surface area contributed by atoms with Crippen molar-refractivity contribution in [1.82, 2.24) is 10.2 Å². The molecular weight excluding hydrogens is 197 g/mol. The van der Waals surface area contributed by atoms with Gasteiger partial charge in [0.1, 0.15) is 5.70 Å². The molecule has 0 saturated heterocycles. The summed E-state index contributed by atoms with van der Waals surface area (Å²) in [5.74, 6) is 0. The summed E-state index contributed by atoms with van der Waals surface area (Å²) in [7, 11) is 1.09. The Morgan fingerprint density at radius 1 is 1.43 bits per heavy atom. The highest BCUT2D eigenvalue weighted by Crippen LogP contribution is 2.31. The van der Waals surface area contributed by atoms with E-state index in [9.17, 15) is 18.0 Å². The topological polar surface area (TPSA) is 32.3 Å². The monoisotopic (exact) mass is 208 g/mol. The van der Waals surface area contributed by atoms with Gasteiger partial charge in [0.25, 0.3) is 0 Å². The van der Waals surface area contributed by atoms with E-state index < -0.39 is 23.4 Å². The minimum atomic E-state index is -4.50. The van der Waals surface area contributed by atoms with E-state index in [1.807, 2.05) is 0 Å². The van der Waals surface area contributed by atoms with E-state index in [0.717, 1.165) is 13.1 Å². The smallest absolute Gasteiger partial charge is 0.329 e. The molecule has 0 bridgehead atoms. The molecule has 0 aromatic carbocycles. The first-order chi connectivity index (χ1) is 6.13. The standard InChI is InChI=1S/C8H11F3N2O/c1-7(2)4-5(8(9,10)11)13(3)6(14)12-7/h4H,1-3H3,(H,12,14). The predicted octanol–water partition coefficient (Wildman–Crippen LogP) is 1.87. The maximum absolute atomic E-state index is 12.4. The van der Waals surface area contributed by atoms with Crippen LogP contribution < -0.4 is 5.32 Å². The molecule has 0 atom stereocenters. The SMILES string of the molecule is CN1C(=O)NC(C)(C)C=C1C(F)(F)F. The number of allylic oxidation sites excluding steroid dienone is 1.